The summed E-state index contributed by atoms with van der Waals surface area (Å²) in [5, 5.41) is 2.71. The van der Waals surface area contributed by atoms with Crippen LogP contribution in [0.4, 0.5) is 0 Å². The van der Waals surface area contributed by atoms with Crippen molar-refractivity contribution in [3.8, 4) is 5.75 Å². The normalized spacial score (nSPS) is 11.7. The van der Waals surface area contributed by atoms with E-state index >= 15 is 0 Å². The summed E-state index contributed by atoms with van der Waals surface area (Å²) in [6.45, 7) is 7.87. The third-order valence-corrected chi connectivity index (χ3v) is 4.07. The monoisotopic (exact) mass is 328 g/mol. The first-order valence-corrected chi connectivity index (χ1v) is 8.71. The van der Waals surface area contributed by atoms with Crippen LogP contribution in [0.25, 0.3) is 0 Å². The highest BCUT2D eigenvalue weighted by Gasteiger charge is 2.14. The van der Waals surface area contributed by atoms with Crippen LogP contribution in [-0.4, -0.2) is 33.5 Å². The van der Waals surface area contributed by atoms with Gasteiger partial charge in [0.05, 0.1) is 4.90 Å². The zero-order chi connectivity index (χ0) is 16.8. The van der Waals surface area contributed by atoms with Gasteiger partial charge < -0.3 is 10.1 Å². The lowest BCUT2D eigenvalue weighted by Gasteiger charge is -2.11. The Morgan fingerprint density at radius 1 is 1.14 bits per heavy atom. The molecule has 1 aromatic carbocycles. The second-order valence-corrected chi connectivity index (χ2v) is 7.49. The molecule has 0 aliphatic carbocycles. The zero-order valence-electron chi connectivity index (χ0n) is 13.4. The number of rotatable bonds is 8. The number of benzene rings is 1. The molecule has 0 atom stereocenters. The fraction of sp³-hybridized carbons (Fsp3) is 0.533. The molecule has 0 saturated heterocycles. The van der Waals surface area contributed by atoms with E-state index in [-0.39, 0.29) is 29.4 Å². The molecule has 0 heterocycles. The molecule has 0 aliphatic rings. The molecule has 1 rings (SSSR count). The number of sulfonamides is 1. The van der Waals surface area contributed by atoms with E-state index in [2.05, 4.69) is 10.0 Å². The van der Waals surface area contributed by atoms with Crippen molar-refractivity contribution < 1.29 is 17.9 Å². The Balaban J connectivity index is 2.61. The van der Waals surface area contributed by atoms with Crippen LogP contribution in [-0.2, 0) is 14.8 Å². The summed E-state index contributed by atoms with van der Waals surface area (Å²) in [6.07, 6.45) is 0. The Kier molecular flexibility index (Phi) is 6.83. The van der Waals surface area contributed by atoms with E-state index in [1.165, 1.54) is 24.3 Å². The average molecular weight is 328 g/mol. The molecule has 0 fully saturated rings. The molecule has 0 spiro atoms. The maximum Gasteiger partial charge on any atom is 0.258 e. The van der Waals surface area contributed by atoms with Crippen molar-refractivity contribution in [1.82, 2.24) is 10.0 Å². The Labute approximate surface area is 132 Å². The minimum absolute atomic E-state index is 0.0515. The molecule has 0 unspecified atom stereocenters. The van der Waals surface area contributed by atoms with Gasteiger partial charge in [-0.1, -0.05) is 13.8 Å². The minimum atomic E-state index is -3.50. The molecule has 0 radical (unpaired) electrons. The van der Waals surface area contributed by atoms with E-state index in [0.29, 0.717) is 12.3 Å². The van der Waals surface area contributed by atoms with Gasteiger partial charge in [-0.15, -0.1) is 0 Å². The summed E-state index contributed by atoms with van der Waals surface area (Å²) in [5.41, 5.74) is 0. The Morgan fingerprint density at radius 3 is 2.23 bits per heavy atom. The van der Waals surface area contributed by atoms with Crippen LogP contribution in [0.15, 0.2) is 29.2 Å². The molecule has 1 amide bonds. The van der Waals surface area contributed by atoms with Gasteiger partial charge in [0, 0.05) is 12.6 Å². The molecular weight excluding hydrogens is 304 g/mol. The SMILES string of the molecule is CC(C)CNS(=O)(=O)c1ccc(OCC(=O)NC(C)C)cc1. The number of ether oxygens (including phenoxy) is 1. The van der Waals surface area contributed by atoms with Crippen molar-refractivity contribution in [2.45, 2.75) is 38.6 Å². The van der Waals surface area contributed by atoms with Crippen LogP contribution >= 0.6 is 0 Å². The number of nitrogens with one attached hydrogen (secondary N) is 2. The van der Waals surface area contributed by atoms with Gasteiger partial charge in [0.25, 0.3) is 5.91 Å². The summed E-state index contributed by atoms with van der Waals surface area (Å²) < 4.78 is 31.9. The fourth-order valence-electron chi connectivity index (χ4n) is 1.59. The first-order valence-electron chi connectivity index (χ1n) is 7.22. The van der Waals surface area contributed by atoms with E-state index in [1.54, 1.807) is 0 Å². The first-order chi connectivity index (χ1) is 10.2. The van der Waals surface area contributed by atoms with Crippen molar-refractivity contribution in [2.75, 3.05) is 13.2 Å². The van der Waals surface area contributed by atoms with E-state index in [4.69, 9.17) is 4.74 Å². The standard InChI is InChI=1S/C15H24N2O4S/c1-11(2)9-16-22(19,20)14-7-5-13(6-8-14)21-10-15(18)17-12(3)4/h5-8,11-12,16H,9-10H2,1-4H3,(H,17,18). The van der Waals surface area contributed by atoms with Crippen molar-refractivity contribution in [1.29, 1.82) is 0 Å². The molecule has 7 heteroatoms. The maximum absolute atomic E-state index is 12.0. The summed E-state index contributed by atoms with van der Waals surface area (Å²) in [4.78, 5) is 11.6. The molecule has 2 N–H and O–H groups in total. The predicted molar refractivity (Wildman–Crippen MR) is 85.2 cm³/mol. The number of hydrogen-bond donors (Lipinski definition) is 2. The number of carbonyl (C=O) groups is 1. The molecule has 0 bridgehead atoms. The summed E-state index contributed by atoms with van der Waals surface area (Å²) in [6, 6.07) is 6.03. The lowest BCUT2D eigenvalue weighted by atomic mass is 10.2. The molecule has 0 saturated carbocycles. The largest absolute Gasteiger partial charge is 0.484 e. The molecular formula is C15H24N2O4S. The van der Waals surface area contributed by atoms with Gasteiger partial charge in [-0.2, -0.15) is 0 Å². The number of hydrogen-bond acceptors (Lipinski definition) is 4. The van der Waals surface area contributed by atoms with Gasteiger partial charge in [-0.3, -0.25) is 4.79 Å². The molecule has 22 heavy (non-hydrogen) atoms. The van der Waals surface area contributed by atoms with Crippen molar-refractivity contribution in [2.24, 2.45) is 5.92 Å². The molecule has 6 nitrogen and oxygen atoms in total. The summed E-state index contributed by atoms with van der Waals surface area (Å²) >= 11 is 0. The van der Waals surface area contributed by atoms with Crippen LogP contribution in [0.3, 0.4) is 0 Å². The average Bonchev–Trinajstić information content (AvgIpc) is 2.43. The number of amides is 1. The van der Waals surface area contributed by atoms with Crippen molar-refractivity contribution in [3.05, 3.63) is 24.3 Å². The van der Waals surface area contributed by atoms with Gasteiger partial charge in [-0.05, 0) is 44.0 Å². The molecule has 1 aromatic rings. The molecule has 124 valence electrons. The van der Waals surface area contributed by atoms with Crippen LogP contribution < -0.4 is 14.8 Å². The van der Waals surface area contributed by atoms with Gasteiger partial charge in [0.15, 0.2) is 6.61 Å². The van der Waals surface area contributed by atoms with Gasteiger partial charge in [-0.25, -0.2) is 13.1 Å². The highest BCUT2D eigenvalue weighted by molar-refractivity contribution is 7.89. The Hall–Kier alpha value is -1.60. The predicted octanol–water partition coefficient (Wildman–Crippen LogP) is 1.52. The van der Waals surface area contributed by atoms with E-state index in [9.17, 15) is 13.2 Å². The zero-order valence-corrected chi connectivity index (χ0v) is 14.2. The first kappa shape index (κ1) is 18.4. The third-order valence-electron chi connectivity index (χ3n) is 2.64. The second-order valence-electron chi connectivity index (χ2n) is 5.73. The minimum Gasteiger partial charge on any atom is -0.484 e. The van der Waals surface area contributed by atoms with Gasteiger partial charge in [0.2, 0.25) is 10.0 Å². The highest BCUT2D eigenvalue weighted by atomic mass is 32.2. The highest BCUT2D eigenvalue weighted by Crippen LogP contribution is 2.16. The maximum atomic E-state index is 12.0. The quantitative estimate of drug-likeness (QED) is 0.758. The smallest absolute Gasteiger partial charge is 0.258 e. The van der Waals surface area contributed by atoms with E-state index in [0.717, 1.165) is 0 Å². The Bertz CT molecular complexity index is 580. The second kappa shape index (κ2) is 8.14. The summed E-state index contributed by atoms with van der Waals surface area (Å²) in [5.74, 6) is 0.462. The van der Waals surface area contributed by atoms with Crippen LogP contribution in [0.1, 0.15) is 27.7 Å². The van der Waals surface area contributed by atoms with Crippen LogP contribution in [0.2, 0.25) is 0 Å². The molecule has 0 aromatic heterocycles. The van der Waals surface area contributed by atoms with Crippen LogP contribution in [0.5, 0.6) is 5.75 Å². The van der Waals surface area contributed by atoms with Gasteiger partial charge in [0.1, 0.15) is 5.75 Å². The third kappa shape index (κ3) is 6.44. The fourth-order valence-corrected chi connectivity index (χ4v) is 2.80. The summed E-state index contributed by atoms with van der Waals surface area (Å²) in [7, 11) is -3.50. The lowest BCUT2D eigenvalue weighted by Crippen LogP contribution is -2.34. The van der Waals surface area contributed by atoms with Crippen molar-refractivity contribution >= 4 is 15.9 Å². The Morgan fingerprint density at radius 2 is 1.73 bits per heavy atom. The lowest BCUT2D eigenvalue weighted by molar-refractivity contribution is -0.123. The van der Waals surface area contributed by atoms with E-state index < -0.39 is 10.0 Å². The molecule has 0 aliphatic heterocycles. The van der Waals surface area contributed by atoms with Gasteiger partial charge >= 0.3 is 0 Å². The van der Waals surface area contributed by atoms with Crippen LogP contribution in [0, 0.1) is 5.92 Å². The topological polar surface area (TPSA) is 84.5 Å². The van der Waals surface area contributed by atoms with E-state index in [1.807, 2.05) is 27.7 Å². The van der Waals surface area contributed by atoms with Crippen molar-refractivity contribution in [3.63, 3.8) is 0 Å². The number of carbonyl (C=O) groups excluding carboxylic acids is 1.